The van der Waals surface area contributed by atoms with Gasteiger partial charge in [0.15, 0.2) is 5.78 Å². The molecule has 1 heterocycles. The molecule has 0 fully saturated rings. The first-order valence-electron chi connectivity index (χ1n) is 5.96. The van der Waals surface area contributed by atoms with Gasteiger partial charge in [-0.1, -0.05) is 41.5 Å². The number of carbonyl (C=O) groups is 1. The molecule has 92 valence electrons. The molecule has 0 spiro atoms. The minimum atomic E-state index is -0.0601. The van der Waals surface area contributed by atoms with Gasteiger partial charge >= 0.3 is 0 Å². The highest BCUT2D eigenvalue weighted by molar-refractivity contribution is 6.04. The first kappa shape index (κ1) is 13.3. The van der Waals surface area contributed by atoms with Crippen molar-refractivity contribution in [1.29, 1.82) is 0 Å². The third-order valence-electron chi connectivity index (χ3n) is 3.34. The van der Waals surface area contributed by atoms with Crippen LogP contribution < -0.4 is 0 Å². The Bertz CT molecular complexity index is 339. The zero-order chi connectivity index (χ0) is 12.9. The van der Waals surface area contributed by atoms with Crippen LogP contribution in [-0.2, 0) is 4.79 Å². The Balaban J connectivity index is 3.22. The maximum atomic E-state index is 12.5. The molecule has 1 rings (SSSR count). The van der Waals surface area contributed by atoms with E-state index in [0.29, 0.717) is 5.78 Å². The molecule has 2 heteroatoms. The van der Waals surface area contributed by atoms with Crippen LogP contribution in [0.2, 0.25) is 0 Å². The largest absolute Gasteiger partial charge is 0.367 e. The summed E-state index contributed by atoms with van der Waals surface area (Å²) in [5.41, 5.74) is 2.06. The predicted octanol–water partition coefficient (Wildman–Crippen LogP) is 3.24. The second kappa shape index (κ2) is 3.61. The highest BCUT2D eigenvalue weighted by atomic mass is 16.1. The monoisotopic (exact) mass is 223 g/mol. The smallest absolute Gasteiger partial charge is 0.183 e. The lowest BCUT2D eigenvalue weighted by Gasteiger charge is -2.33. The van der Waals surface area contributed by atoms with E-state index in [4.69, 9.17) is 0 Å². The van der Waals surface area contributed by atoms with E-state index in [2.05, 4.69) is 53.4 Å². The molecule has 0 aromatic rings. The molecule has 0 aromatic heterocycles. The molecule has 1 aliphatic heterocycles. The molecule has 0 N–H and O–H groups in total. The molecule has 16 heavy (non-hydrogen) atoms. The Morgan fingerprint density at radius 2 is 1.50 bits per heavy atom. The quantitative estimate of drug-likeness (QED) is 0.628. The molecular formula is C14H25NO. The van der Waals surface area contributed by atoms with Crippen LogP contribution >= 0.6 is 0 Å². The molecule has 0 saturated carbocycles. The number of ketones is 1. The average Bonchev–Trinajstić information content (AvgIpc) is 2.19. The maximum absolute atomic E-state index is 12.5. The fourth-order valence-electron chi connectivity index (χ4n) is 2.75. The summed E-state index contributed by atoms with van der Waals surface area (Å²) in [6.45, 7) is 14.8. The van der Waals surface area contributed by atoms with Crippen molar-refractivity contribution in [3.63, 3.8) is 0 Å². The van der Waals surface area contributed by atoms with Crippen molar-refractivity contribution in [1.82, 2.24) is 4.90 Å². The van der Waals surface area contributed by atoms with Gasteiger partial charge in [-0.05, 0) is 17.8 Å². The number of rotatable bonds is 0. The van der Waals surface area contributed by atoms with Crippen LogP contribution in [0.3, 0.4) is 0 Å². The summed E-state index contributed by atoms with van der Waals surface area (Å²) in [6, 6.07) is -0.0123. The van der Waals surface area contributed by atoms with Crippen molar-refractivity contribution in [2.45, 2.75) is 54.5 Å². The molecule has 0 radical (unpaired) electrons. The van der Waals surface area contributed by atoms with Crippen molar-refractivity contribution in [2.75, 3.05) is 7.05 Å². The lowest BCUT2D eigenvalue weighted by atomic mass is 9.77. The summed E-state index contributed by atoms with van der Waals surface area (Å²) in [5, 5.41) is 0. The Morgan fingerprint density at radius 3 is 1.69 bits per heavy atom. The van der Waals surface area contributed by atoms with Crippen molar-refractivity contribution in [2.24, 2.45) is 10.8 Å². The third kappa shape index (κ3) is 2.02. The molecule has 0 saturated heterocycles. The summed E-state index contributed by atoms with van der Waals surface area (Å²) in [6.07, 6.45) is 0. The van der Waals surface area contributed by atoms with E-state index in [9.17, 15) is 4.79 Å². The molecule has 0 aliphatic carbocycles. The molecule has 1 unspecified atom stereocenters. The Kier molecular flexibility index (Phi) is 3.00. The van der Waals surface area contributed by atoms with E-state index in [1.165, 1.54) is 0 Å². The fourth-order valence-corrected chi connectivity index (χ4v) is 2.75. The highest BCUT2D eigenvalue weighted by Crippen LogP contribution is 2.41. The van der Waals surface area contributed by atoms with Gasteiger partial charge in [0, 0.05) is 18.3 Å². The summed E-state index contributed by atoms with van der Waals surface area (Å²) >= 11 is 0. The van der Waals surface area contributed by atoms with Crippen LogP contribution in [-0.4, -0.2) is 23.8 Å². The summed E-state index contributed by atoms with van der Waals surface area (Å²) in [4.78, 5) is 14.7. The van der Waals surface area contributed by atoms with Crippen LogP contribution in [0.5, 0.6) is 0 Å². The Labute approximate surface area is 99.7 Å². The molecule has 0 aromatic carbocycles. The molecular weight excluding hydrogens is 198 g/mol. The topological polar surface area (TPSA) is 20.3 Å². The Morgan fingerprint density at radius 1 is 1.06 bits per heavy atom. The van der Waals surface area contributed by atoms with Gasteiger partial charge in [0.05, 0.1) is 6.04 Å². The van der Waals surface area contributed by atoms with Crippen LogP contribution in [0, 0.1) is 10.8 Å². The highest BCUT2D eigenvalue weighted by Gasteiger charge is 2.45. The number of nitrogens with zero attached hydrogens (tertiary/aromatic N) is 1. The fraction of sp³-hybridized carbons (Fsp3) is 0.786. The van der Waals surface area contributed by atoms with E-state index < -0.39 is 0 Å². The first-order chi connectivity index (χ1) is 6.98. The summed E-state index contributed by atoms with van der Waals surface area (Å²) in [5.74, 6) is 0.306. The van der Waals surface area contributed by atoms with Crippen LogP contribution in [0.25, 0.3) is 0 Å². The van der Waals surface area contributed by atoms with E-state index in [1.807, 2.05) is 7.05 Å². The van der Waals surface area contributed by atoms with E-state index in [1.54, 1.807) is 0 Å². The Hall–Kier alpha value is -0.790. The first-order valence-corrected chi connectivity index (χ1v) is 5.96. The molecule has 0 bridgehead atoms. The van der Waals surface area contributed by atoms with E-state index in [0.717, 1.165) is 11.3 Å². The lowest BCUT2D eigenvalue weighted by molar-refractivity contribution is -0.121. The number of hydrogen-bond donors (Lipinski definition) is 0. The normalized spacial score (nSPS) is 23.4. The van der Waals surface area contributed by atoms with Gasteiger partial charge in [-0.2, -0.15) is 0 Å². The summed E-state index contributed by atoms with van der Waals surface area (Å²) < 4.78 is 0. The third-order valence-corrected chi connectivity index (χ3v) is 3.34. The second-order valence-corrected chi connectivity index (χ2v) is 6.95. The zero-order valence-electron chi connectivity index (χ0n) is 11.9. The van der Waals surface area contributed by atoms with Gasteiger partial charge < -0.3 is 4.90 Å². The SMILES string of the molecule is CC1=C(C(C)(C)C)C(=O)C(C(C)(C)C)N1C. The minimum Gasteiger partial charge on any atom is -0.367 e. The number of carbonyl (C=O) groups excluding carboxylic acids is 1. The van der Waals surface area contributed by atoms with Crippen molar-refractivity contribution >= 4 is 5.78 Å². The lowest BCUT2D eigenvalue weighted by Crippen LogP contribution is -2.42. The minimum absolute atomic E-state index is 0.0123. The number of hydrogen-bond acceptors (Lipinski definition) is 2. The van der Waals surface area contributed by atoms with Crippen molar-refractivity contribution < 1.29 is 4.79 Å². The van der Waals surface area contributed by atoms with E-state index in [-0.39, 0.29) is 16.9 Å². The molecule has 1 aliphatic rings. The molecule has 2 nitrogen and oxygen atoms in total. The predicted molar refractivity (Wildman–Crippen MR) is 68.2 cm³/mol. The molecule has 0 amide bonds. The van der Waals surface area contributed by atoms with Crippen LogP contribution in [0.4, 0.5) is 0 Å². The number of Topliss-reactive ketones (excluding diaryl/α,β-unsaturated/α-hetero) is 1. The van der Waals surface area contributed by atoms with Gasteiger partial charge in [-0.25, -0.2) is 0 Å². The van der Waals surface area contributed by atoms with E-state index >= 15 is 0 Å². The van der Waals surface area contributed by atoms with Gasteiger partial charge in [-0.15, -0.1) is 0 Å². The maximum Gasteiger partial charge on any atom is 0.183 e. The van der Waals surface area contributed by atoms with Gasteiger partial charge in [0.25, 0.3) is 0 Å². The van der Waals surface area contributed by atoms with Crippen LogP contribution in [0.1, 0.15) is 48.5 Å². The van der Waals surface area contributed by atoms with Crippen molar-refractivity contribution in [3.05, 3.63) is 11.3 Å². The average molecular weight is 223 g/mol. The van der Waals surface area contributed by atoms with Gasteiger partial charge in [0.1, 0.15) is 0 Å². The number of allylic oxidation sites excluding steroid dienone is 1. The standard InChI is InChI=1S/C14H25NO/c1-9-10(13(2,3)4)11(16)12(15(9)8)14(5,6)7/h12H,1-8H3. The molecule has 1 atom stereocenters. The second-order valence-electron chi connectivity index (χ2n) is 6.95. The van der Waals surface area contributed by atoms with Gasteiger partial charge in [-0.3, -0.25) is 4.79 Å². The van der Waals surface area contributed by atoms with Crippen LogP contribution in [0.15, 0.2) is 11.3 Å². The zero-order valence-corrected chi connectivity index (χ0v) is 11.9. The van der Waals surface area contributed by atoms with Crippen molar-refractivity contribution in [3.8, 4) is 0 Å². The van der Waals surface area contributed by atoms with Gasteiger partial charge in [0.2, 0.25) is 0 Å². The number of likely N-dealkylation sites (N-methyl/N-ethyl adjacent to an activating group) is 1. The summed E-state index contributed by atoms with van der Waals surface area (Å²) in [7, 11) is 2.03.